The second-order valence-corrected chi connectivity index (χ2v) is 8.68. The lowest BCUT2D eigenvalue weighted by Crippen LogP contribution is -2.52. The van der Waals surface area contributed by atoms with Crippen molar-refractivity contribution in [1.29, 1.82) is 0 Å². The highest BCUT2D eigenvalue weighted by Gasteiger charge is 2.63. The van der Waals surface area contributed by atoms with Crippen LogP contribution in [0.15, 0.2) is 35.6 Å². The Morgan fingerprint density at radius 1 is 1.40 bits per heavy atom. The van der Waals surface area contributed by atoms with Crippen LogP contribution in [0.2, 0.25) is 0 Å². The summed E-state index contributed by atoms with van der Waals surface area (Å²) >= 11 is 0. The quantitative estimate of drug-likeness (QED) is 0.588. The zero-order chi connectivity index (χ0) is 17.8. The Balaban J connectivity index is 1.65. The lowest BCUT2D eigenvalue weighted by atomic mass is 9.51. The zero-order valence-electron chi connectivity index (χ0n) is 15.6. The minimum atomic E-state index is -1.12. The smallest absolute Gasteiger partial charge is 0.152 e. The van der Waals surface area contributed by atoms with Gasteiger partial charge in [-0.3, -0.25) is 0 Å². The lowest BCUT2D eigenvalue weighted by molar-refractivity contribution is -0.0717. The fourth-order valence-corrected chi connectivity index (χ4v) is 6.46. The van der Waals surface area contributed by atoms with E-state index in [-0.39, 0.29) is 5.41 Å². The first kappa shape index (κ1) is 17.0. The molecule has 0 spiro atoms. The summed E-state index contributed by atoms with van der Waals surface area (Å²) in [6.07, 6.45) is 16.9. The van der Waals surface area contributed by atoms with Gasteiger partial charge in [0.15, 0.2) is 5.60 Å². The molecule has 4 aliphatic rings. The van der Waals surface area contributed by atoms with Crippen LogP contribution in [-0.2, 0) is 4.74 Å². The first-order chi connectivity index (χ1) is 11.9. The molecule has 134 valence electrons. The molecule has 1 N–H and O–H groups in total. The molecule has 2 heteroatoms. The third-order valence-electron chi connectivity index (χ3n) is 7.83. The second-order valence-electron chi connectivity index (χ2n) is 8.68. The van der Waals surface area contributed by atoms with E-state index in [0.717, 1.165) is 50.0 Å². The van der Waals surface area contributed by atoms with E-state index in [1.807, 2.05) is 0 Å². The molecule has 0 aromatic heterocycles. The van der Waals surface area contributed by atoms with Crippen LogP contribution >= 0.6 is 0 Å². The van der Waals surface area contributed by atoms with Crippen molar-refractivity contribution < 1.29 is 9.84 Å². The molecule has 4 aliphatic carbocycles. The van der Waals surface area contributed by atoms with E-state index in [1.54, 1.807) is 0 Å². The molecule has 0 bridgehead atoms. The highest BCUT2D eigenvalue weighted by Crippen LogP contribution is 2.65. The summed E-state index contributed by atoms with van der Waals surface area (Å²) in [6, 6.07) is 0. The third kappa shape index (κ3) is 2.21. The van der Waals surface area contributed by atoms with Crippen molar-refractivity contribution >= 4 is 0 Å². The van der Waals surface area contributed by atoms with E-state index in [0.29, 0.717) is 23.7 Å². The third-order valence-corrected chi connectivity index (χ3v) is 7.83. The van der Waals surface area contributed by atoms with Crippen LogP contribution in [0.5, 0.6) is 0 Å². The van der Waals surface area contributed by atoms with Crippen LogP contribution in [-0.4, -0.2) is 17.3 Å². The van der Waals surface area contributed by atoms with Crippen LogP contribution in [0.1, 0.15) is 52.4 Å². The van der Waals surface area contributed by atoms with Gasteiger partial charge in [-0.05, 0) is 79.9 Å². The minimum absolute atomic E-state index is 0.216. The highest BCUT2D eigenvalue weighted by molar-refractivity contribution is 5.40. The van der Waals surface area contributed by atoms with Gasteiger partial charge in [0.05, 0.1) is 12.4 Å². The van der Waals surface area contributed by atoms with Gasteiger partial charge >= 0.3 is 0 Å². The summed E-state index contributed by atoms with van der Waals surface area (Å²) in [6.45, 7) is 9.18. The summed E-state index contributed by atoms with van der Waals surface area (Å²) < 4.78 is 5.76. The maximum atomic E-state index is 11.2. The van der Waals surface area contributed by atoms with E-state index in [4.69, 9.17) is 11.2 Å². The highest BCUT2D eigenvalue weighted by atomic mass is 16.5. The van der Waals surface area contributed by atoms with Gasteiger partial charge in [-0.25, -0.2) is 0 Å². The van der Waals surface area contributed by atoms with Gasteiger partial charge in [-0.15, -0.1) is 6.42 Å². The van der Waals surface area contributed by atoms with Crippen molar-refractivity contribution in [2.75, 3.05) is 6.61 Å². The van der Waals surface area contributed by atoms with Gasteiger partial charge in [-0.1, -0.05) is 25.5 Å². The molecule has 0 radical (unpaired) electrons. The van der Waals surface area contributed by atoms with Gasteiger partial charge < -0.3 is 9.84 Å². The van der Waals surface area contributed by atoms with Crippen molar-refractivity contribution in [3.63, 3.8) is 0 Å². The van der Waals surface area contributed by atoms with E-state index < -0.39 is 5.60 Å². The van der Waals surface area contributed by atoms with E-state index in [1.165, 1.54) is 12.0 Å². The Bertz CT molecular complexity index is 693. The molecule has 0 aliphatic heterocycles. The Labute approximate surface area is 152 Å². The first-order valence-corrected chi connectivity index (χ1v) is 9.86. The SMILES string of the molecule is C#C[C@]1(O)C(=C)CC2C3CC=C4C=C(OCC)CCC4C3CC[C@@]21C. The number of allylic oxidation sites excluding steroid dienone is 4. The van der Waals surface area contributed by atoms with Crippen molar-refractivity contribution in [2.24, 2.45) is 29.1 Å². The first-order valence-electron chi connectivity index (χ1n) is 9.86. The number of terminal acetylenes is 1. The molecule has 4 unspecified atom stereocenters. The maximum Gasteiger partial charge on any atom is 0.152 e. The van der Waals surface area contributed by atoms with Crippen LogP contribution in [0, 0.1) is 41.4 Å². The molecule has 2 saturated carbocycles. The van der Waals surface area contributed by atoms with Crippen molar-refractivity contribution in [2.45, 2.75) is 58.0 Å². The molecule has 2 fully saturated rings. The zero-order valence-corrected chi connectivity index (χ0v) is 15.6. The summed E-state index contributed by atoms with van der Waals surface area (Å²) in [7, 11) is 0. The number of rotatable bonds is 2. The number of ether oxygens (including phenoxy) is 1. The average molecular weight is 338 g/mol. The number of hydrogen-bond acceptors (Lipinski definition) is 2. The topological polar surface area (TPSA) is 29.5 Å². The predicted octanol–water partition coefficient (Wildman–Crippen LogP) is 4.62. The second kappa shape index (κ2) is 5.78. The molecular formula is C23H30O2. The molecule has 0 aromatic rings. The van der Waals surface area contributed by atoms with Crippen molar-refractivity contribution in [1.82, 2.24) is 0 Å². The Morgan fingerprint density at radius 3 is 2.92 bits per heavy atom. The van der Waals surface area contributed by atoms with E-state index in [2.05, 4.69) is 38.5 Å². The maximum absolute atomic E-state index is 11.2. The number of hydrogen-bond donors (Lipinski definition) is 1. The largest absolute Gasteiger partial charge is 0.498 e. The molecular weight excluding hydrogens is 308 g/mol. The summed E-state index contributed by atoms with van der Waals surface area (Å²) in [5.41, 5.74) is 1.01. The Hall–Kier alpha value is -1.46. The van der Waals surface area contributed by atoms with Crippen LogP contribution in [0.25, 0.3) is 0 Å². The molecule has 4 rings (SSSR count). The van der Waals surface area contributed by atoms with Gasteiger partial charge in [0, 0.05) is 11.8 Å². The number of aliphatic hydroxyl groups is 1. The Morgan fingerprint density at radius 2 is 2.20 bits per heavy atom. The van der Waals surface area contributed by atoms with Gasteiger partial charge in [0.2, 0.25) is 0 Å². The average Bonchev–Trinajstić information content (AvgIpc) is 2.82. The monoisotopic (exact) mass is 338 g/mol. The fourth-order valence-electron chi connectivity index (χ4n) is 6.46. The Kier molecular flexibility index (Phi) is 3.92. The molecule has 0 saturated heterocycles. The standard InChI is InChI=1S/C23H30O2/c1-5-23(24)15(3)13-21-20-9-7-16-14-17(25-6-2)8-10-18(16)19(20)11-12-22(21,23)4/h1,7,14,18-21,24H,3,6,8-13H2,2,4H3/t18?,19?,20?,21?,22-,23-/m0/s1. The van der Waals surface area contributed by atoms with Gasteiger partial charge in [0.25, 0.3) is 0 Å². The van der Waals surface area contributed by atoms with E-state index >= 15 is 0 Å². The molecule has 0 heterocycles. The van der Waals surface area contributed by atoms with Crippen LogP contribution in [0.3, 0.4) is 0 Å². The van der Waals surface area contributed by atoms with Crippen molar-refractivity contribution in [3.8, 4) is 12.3 Å². The van der Waals surface area contributed by atoms with Gasteiger partial charge in [-0.2, -0.15) is 0 Å². The normalized spacial score (nSPS) is 45.4. The minimum Gasteiger partial charge on any atom is -0.498 e. The van der Waals surface area contributed by atoms with Crippen LogP contribution < -0.4 is 0 Å². The molecule has 0 amide bonds. The summed E-state index contributed by atoms with van der Waals surface area (Å²) in [4.78, 5) is 0. The lowest BCUT2D eigenvalue weighted by Gasteiger charge is -2.53. The number of fused-ring (bicyclic) bond motifs is 5. The molecule has 0 aromatic carbocycles. The summed E-state index contributed by atoms with van der Waals surface area (Å²) in [5, 5.41) is 11.2. The fraction of sp³-hybridized carbons (Fsp3) is 0.652. The molecule has 2 nitrogen and oxygen atoms in total. The molecule has 6 atom stereocenters. The van der Waals surface area contributed by atoms with Gasteiger partial charge in [0.1, 0.15) is 0 Å². The summed E-state index contributed by atoms with van der Waals surface area (Å²) in [5.74, 6) is 6.31. The van der Waals surface area contributed by atoms with Crippen molar-refractivity contribution in [3.05, 3.63) is 35.6 Å². The molecule has 25 heavy (non-hydrogen) atoms. The van der Waals surface area contributed by atoms with E-state index in [9.17, 15) is 5.11 Å². The van der Waals surface area contributed by atoms with Crippen LogP contribution in [0.4, 0.5) is 0 Å². The predicted molar refractivity (Wildman–Crippen MR) is 100 cm³/mol.